The van der Waals surface area contributed by atoms with E-state index in [9.17, 15) is 19.2 Å². The average molecular weight is 364 g/mol. The van der Waals surface area contributed by atoms with E-state index in [0.717, 1.165) is 6.42 Å². The highest BCUT2D eigenvalue weighted by Crippen LogP contribution is 2.21. The van der Waals surface area contributed by atoms with Crippen molar-refractivity contribution in [2.75, 3.05) is 26.8 Å². The topological polar surface area (TPSA) is 111 Å². The fourth-order valence-corrected chi connectivity index (χ4v) is 2.05. The molecule has 142 valence electrons. The van der Waals surface area contributed by atoms with Crippen molar-refractivity contribution in [2.45, 2.75) is 26.7 Å². The Hall–Kier alpha value is -2.90. The highest BCUT2D eigenvalue weighted by Gasteiger charge is 2.14. The van der Waals surface area contributed by atoms with E-state index in [4.69, 9.17) is 9.47 Å². The number of amides is 2. The first kappa shape index (κ1) is 21.1. The summed E-state index contributed by atoms with van der Waals surface area (Å²) in [5, 5.41) is 4.97. The van der Waals surface area contributed by atoms with Crippen LogP contribution in [0.5, 0.6) is 5.75 Å². The molecule has 0 aliphatic carbocycles. The van der Waals surface area contributed by atoms with Gasteiger partial charge in [-0.05, 0) is 31.5 Å². The summed E-state index contributed by atoms with van der Waals surface area (Å²) in [4.78, 5) is 46.3. The predicted molar refractivity (Wildman–Crippen MR) is 94.0 cm³/mol. The molecular weight excluding hydrogens is 340 g/mol. The van der Waals surface area contributed by atoms with E-state index in [2.05, 4.69) is 10.6 Å². The number of carbonyl (C=O) groups is 4. The summed E-state index contributed by atoms with van der Waals surface area (Å²) in [6.07, 6.45) is 0.653. The molecular formula is C18H24N2O6. The Morgan fingerprint density at radius 1 is 1.08 bits per heavy atom. The maximum absolute atomic E-state index is 11.9. The third-order valence-electron chi connectivity index (χ3n) is 3.40. The van der Waals surface area contributed by atoms with Crippen LogP contribution in [-0.2, 0) is 25.5 Å². The zero-order valence-electron chi connectivity index (χ0n) is 15.2. The van der Waals surface area contributed by atoms with Gasteiger partial charge in [-0.25, -0.2) is 0 Å². The van der Waals surface area contributed by atoms with Gasteiger partial charge in [0.1, 0.15) is 5.75 Å². The first-order chi connectivity index (χ1) is 12.4. The molecule has 1 aromatic carbocycles. The molecule has 8 heteroatoms. The number of carbonyl (C=O) groups excluding carboxylic acids is 4. The lowest BCUT2D eigenvalue weighted by Crippen LogP contribution is -2.39. The molecule has 0 bridgehead atoms. The van der Waals surface area contributed by atoms with Crippen molar-refractivity contribution in [3.8, 4) is 5.75 Å². The van der Waals surface area contributed by atoms with Crippen LogP contribution in [0.15, 0.2) is 18.2 Å². The van der Waals surface area contributed by atoms with Crippen LogP contribution in [0.3, 0.4) is 0 Å². The average Bonchev–Trinajstić information content (AvgIpc) is 2.62. The number of benzene rings is 1. The van der Waals surface area contributed by atoms with E-state index < -0.39 is 18.5 Å². The molecule has 0 aromatic heterocycles. The van der Waals surface area contributed by atoms with E-state index in [1.165, 1.54) is 14.0 Å². The van der Waals surface area contributed by atoms with Crippen LogP contribution in [0.2, 0.25) is 0 Å². The van der Waals surface area contributed by atoms with Gasteiger partial charge in [-0.3, -0.25) is 19.2 Å². The van der Waals surface area contributed by atoms with Gasteiger partial charge in [-0.15, -0.1) is 0 Å². The minimum Gasteiger partial charge on any atom is -0.496 e. The summed E-state index contributed by atoms with van der Waals surface area (Å²) in [5.74, 6) is -1.21. The SMILES string of the molecule is CCCNC(=O)CNC(=O)COC(=O)Cc1cc(C(C)=O)ccc1OC. The second kappa shape index (κ2) is 10.9. The molecule has 0 unspecified atom stereocenters. The van der Waals surface area contributed by atoms with Crippen LogP contribution in [-0.4, -0.2) is 50.4 Å². The Balaban J connectivity index is 2.49. The van der Waals surface area contributed by atoms with Gasteiger partial charge in [-0.1, -0.05) is 6.92 Å². The number of ketones is 1. The second-order valence-electron chi connectivity index (χ2n) is 5.55. The number of methoxy groups -OCH3 is 1. The minimum atomic E-state index is -0.644. The van der Waals surface area contributed by atoms with Crippen LogP contribution in [0.4, 0.5) is 0 Å². The maximum Gasteiger partial charge on any atom is 0.310 e. The van der Waals surface area contributed by atoms with Gasteiger partial charge in [0.2, 0.25) is 5.91 Å². The highest BCUT2D eigenvalue weighted by molar-refractivity contribution is 5.94. The van der Waals surface area contributed by atoms with Crippen molar-refractivity contribution >= 4 is 23.6 Å². The summed E-state index contributed by atoms with van der Waals surface area (Å²) in [6, 6.07) is 4.76. The van der Waals surface area contributed by atoms with Gasteiger partial charge in [0, 0.05) is 17.7 Å². The molecule has 1 aromatic rings. The Morgan fingerprint density at radius 2 is 1.81 bits per heavy atom. The summed E-state index contributed by atoms with van der Waals surface area (Å²) in [7, 11) is 1.45. The lowest BCUT2D eigenvalue weighted by molar-refractivity contribution is -0.148. The zero-order valence-corrected chi connectivity index (χ0v) is 15.2. The monoisotopic (exact) mass is 364 g/mol. The van der Waals surface area contributed by atoms with E-state index in [0.29, 0.717) is 23.4 Å². The van der Waals surface area contributed by atoms with Crippen LogP contribution in [0.25, 0.3) is 0 Å². The van der Waals surface area contributed by atoms with Crippen molar-refractivity contribution < 1.29 is 28.7 Å². The van der Waals surface area contributed by atoms with Gasteiger partial charge in [0.15, 0.2) is 12.4 Å². The summed E-state index contributed by atoms with van der Waals surface area (Å²) >= 11 is 0. The van der Waals surface area contributed by atoms with E-state index >= 15 is 0 Å². The number of nitrogens with one attached hydrogen (secondary N) is 2. The summed E-state index contributed by atoms with van der Waals surface area (Å²) in [5.41, 5.74) is 0.939. The third kappa shape index (κ3) is 7.33. The molecule has 2 amide bonds. The van der Waals surface area contributed by atoms with Crippen molar-refractivity contribution in [1.82, 2.24) is 10.6 Å². The molecule has 0 spiro atoms. The summed E-state index contributed by atoms with van der Waals surface area (Å²) < 4.78 is 10.1. The normalized spacial score (nSPS) is 9.96. The molecule has 0 saturated heterocycles. The Kier molecular flexibility index (Phi) is 8.83. The molecule has 1 rings (SSSR count). The Bertz CT molecular complexity index is 672. The number of ether oxygens (including phenoxy) is 2. The largest absolute Gasteiger partial charge is 0.496 e. The number of hydrogen-bond acceptors (Lipinski definition) is 6. The van der Waals surface area contributed by atoms with Crippen LogP contribution in [0, 0.1) is 0 Å². The minimum absolute atomic E-state index is 0.136. The predicted octanol–water partition coefficient (Wildman–Crippen LogP) is 0.626. The summed E-state index contributed by atoms with van der Waals surface area (Å²) in [6.45, 7) is 3.20. The van der Waals surface area contributed by atoms with Crippen LogP contribution >= 0.6 is 0 Å². The van der Waals surface area contributed by atoms with Gasteiger partial charge < -0.3 is 20.1 Å². The first-order valence-electron chi connectivity index (χ1n) is 8.24. The fourth-order valence-electron chi connectivity index (χ4n) is 2.05. The maximum atomic E-state index is 11.9. The van der Waals surface area contributed by atoms with Gasteiger partial charge >= 0.3 is 5.97 Å². The van der Waals surface area contributed by atoms with E-state index in [1.807, 2.05) is 6.92 Å². The van der Waals surface area contributed by atoms with Crippen molar-refractivity contribution in [3.63, 3.8) is 0 Å². The number of Topliss-reactive ketones (excluding diaryl/α,β-unsaturated/α-hetero) is 1. The quantitative estimate of drug-likeness (QED) is 0.465. The second-order valence-corrected chi connectivity index (χ2v) is 5.55. The zero-order chi connectivity index (χ0) is 19.5. The highest BCUT2D eigenvalue weighted by atomic mass is 16.5. The molecule has 0 saturated carbocycles. The standard InChI is InChI=1S/C18H24N2O6/c1-4-7-19-16(22)10-20-17(23)11-26-18(24)9-14-8-13(12(2)21)5-6-15(14)25-3/h5-6,8H,4,7,9-11H2,1-3H3,(H,19,22)(H,20,23). The van der Waals surface area contributed by atoms with Crippen molar-refractivity contribution in [1.29, 1.82) is 0 Å². The van der Waals surface area contributed by atoms with Gasteiger partial charge in [0.25, 0.3) is 5.91 Å². The number of esters is 1. The molecule has 0 heterocycles. The van der Waals surface area contributed by atoms with Crippen LogP contribution < -0.4 is 15.4 Å². The first-order valence-corrected chi connectivity index (χ1v) is 8.24. The molecule has 26 heavy (non-hydrogen) atoms. The fraction of sp³-hybridized carbons (Fsp3) is 0.444. The number of rotatable bonds is 10. The van der Waals surface area contributed by atoms with Crippen LogP contribution in [0.1, 0.15) is 36.2 Å². The van der Waals surface area contributed by atoms with Gasteiger partial charge in [-0.2, -0.15) is 0 Å². The Morgan fingerprint density at radius 3 is 2.42 bits per heavy atom. The molecule has 0 aliphatic heterocycles. The van der Waals surface area contributed by atoms with E-state index in [-0.39, 0.29) is 24.7 Å². The van der Waals surface area contributed by atoms with E-state index in [1.54, 1.807) is 18.2 Å². The van der Waals surface area contributed by atoms with Crippen molar-refractivity contribution in [2.24, 2.45) is 0 Å². The third-order valence-corrected chi connectivity index (χ3v) is 3.40. The molecule has 0 atom stereocenters. The lowest BCUT2D eigenvalue weighted by Gasteiger charge is -2.10. The molecule has 0 fully saturated rings. The Labute approximate surface area is 152 Å². The van der Waals surface area contributed by atoms with Crippen molar-refractivity contribution in [3.05, 3.63) is 29.3 Å². The van der Waals surface area contributed by atoms with Gasteiger partial charge in [0.05, 0.1) is 20.1 Å². The molecule has 0 radical (unpaired) electrons. The molecule has 8 nitrogen and oxygen atoms in total. The lowest BCUT2D eigenvalue weighted by atomic mass is 10.0. The molecule has 0 aliphatic rings. The number of hydrogen-bond donors (Lipinski definition) is 2. The smallest absolute Gasteiger partial charge is 0.310 e. The molecule has 2 N–H and O–H groups in total.